The molecule has 0 fully saturated rings. The molecule has 0 atom stereocenters. The SMILES string of the molecule is Cc1nc2ccccc2n1Cc1ccc(Cl)cc1N. The van der Waals surface area contributed by atoms with Gasteiger partial charge in [-0.2, -0.15) is 0 Å². The van der Waals surface area contributed by atoms with Crippen LogP contribution in [0.25, 0.3) is 11.0 Å². The van der Waals surface area contributed by atoms with Gasteiger partial charge in [0.1, 0.15) is 5.82 Å². The molecular formula is C15H14ClN3. The van der Waals surface area contributed by atoms with Gasteiger partial charge >= 0.3 is 0 Å². The van der Waals surface area contributed by atoms with Gasteiger partial charge in [0, 0.05) is 10.7 Å². The fourth-order valence-corrected chi connectivity index (χ4v) is 2.46. The van der Waals surface area contributed by atoms with Crippen molar-refractivity contribution < 1.29 is 0 Å². The number of anilines is 1. The van der Waals surface area contributed by atoms with Gasteiger partial charge in [0.25, 0.3) is 0 Å². The number of hydrogen-bond donors (Lipinski definition) is 1. The van der Waals surface area contributed by atoms with Crippen LogP contribution < -0.4 is 5.73 Å². The van der Waals surface area contributed by atoms with Gasteiger partial charge in [-0.3, -0.25) is 0 Å². The van der Waals surface area contributed by atoms with Gasteiger partial charge in [0.15, 0.2) is 0 Å². The van der Waals surface area contributed by atoms with Crippen LogP contribution in [0.4, 0.5) is 5.69 Å². The average molecular weight is 272 g/mol. The van der Waals surface area contributed by atoms with Crippen LogP contribution >= 0.6 is 11.6 Å². The first-order valence-electron chi connectivity index (χ1n) is 6.11. The number of para-hydroxylation sites is 2. The molecule has 96 valence electrons. The zero-order chi connectivity index (χ0) is 13.4. The number of aryl methyl sites for hydroxylation is 1. The molecule has 0 aliphatic carbocycles. The van der Waals surface area contributed by atoms with Gasteiger partial charge in [-0.05, 0) is 36.8 Å². The first-order valence-corrected chi connectivity index (χ1v) is 6.49. The van der Waals surface area contributed by atoms with Crippen molar-refractivity contribution >= 4 is 28.3 Å². The van der Waals surface area contributed by atoms with Crippen molar-refractivity contribution in [3.05, 3.63) is 58.9 Å². The first kappa shape index (κ1) is 12.1. The van der Waals surface area contributed by atoms with Gasteiger partial charge in [-0.25, -0.2) is 4.98 Å². The lowest BCUT2D eigenvalue weighted by Crippen LogP contribution is -2.04. The predicted molar refractivity (Wildman–Crippen MR) is 79.4 cm³/mol. The lowest BCUT2D eigenvalue weighted by atomic mass is 10.2. The lowest BCUT2D eigenvalue weighted by molar-refractivity contribution is 0.788. The molecule has 0 amide bonds. The van der Waals surface area contributed by atoms with Crippen molar-refractivity contribution in [2.24, 2.45) is 0 Å². The Morgan fingerprint density at radius 3 is 2.79 bits per heavy atom. The van der Waals surface area contributed by atoms with Crippen LogP contribution in [-0.2, 0) is 6.54 Å². The molecule has 0 aliphatic heterocycles. The maximum Gasteiger partial charge on any atom is 0.107 e. The summed E-state index contributed by atoms with van der Waals surface area (Å²) in [7, 11) is 0. The predicted octanol–water partition coefficient (Wildman–Crippen LogP) is 3.63. The molecule has 0 bridgehead atoms. The summed E-state index contributed by atoms with van der Waals surface area (Å²) in [4.78, 5) is 4.55. The Bertz CT molecular complexity index is 746. The molecule has 0 unspecified atom stereocenters. The number of benzene rings is 2. The van der Waals surface area contributed by atoms with E-state index in [-0.39, 0.29) is 0 Å². The Balaban J connectivity index is 2.08. The fourth-order valence-electron chi connectivity index (χ4n) is 2.28. The fraction of sp³-hybridized carbons (Fsp3) is 0.133. The Morgan fingerprint density at radius 2 is 2.00 bits per heavy atom. The second-order valence-corrected chi connectivity index (χ2v) is 5.01. The minimum absolute atomic E-state index is 0.661. The quantitative estimate of drug-likeness (QED) is 0.724. The van der Waals surface area contributed by atoms with Crippen LogP contribution in [0, 0.1) is 6.92 Å². The number of nitrogens with two attached hydrogens (primary N) is 1. The molecule has 3 aromatic rings. The summed E-state index contributed by atoms with van der Waals surface area (Å²) in [5, 5.41) is 0.661. The number of rotatable bonds is 2. The number of aromatic nitrogens is 2. The Hall–Kier alpha value is -2.00. The summed E-state index contributed by atoms with van der Waals surface area (Å²) in [6, 6.07) is 13.7. The maximum atomic E-state index is 6.01. The van der Waals surface area contributed by atoms with Gasteiger partial charge in [0.05, 0.1) is 17.6 Å². The number of imidazole rings is 1. The van der Waals surface area contributed by atoms with E-state index in [0.29, 0.717) is 17.3 Å². The number of nitrogens with zero attached hydrogens (tertiary/aromatic N) is 2. The number of fused-ring (bicyclic) bond motifs is 1. The molecule has 19 heavy (non-hydrogen) atoms. The highest BCUT2D eigenvalue weighted by atomic mass is 35.5. The third-order valence-electron chi connectivity index (χ3n) is 3.28. The molecule has 0 saturated heterocycles. The van der Waals surface area contributed by atoms with E-state index in [1.54, 1.807) is 6.07 Å². The number of halogens is 1. The van der Waals surface area contributed by atoms with E-state index in [0.717, 1.165) is 22.4 Å². The maximum absolute atomic E-state index is 6.01. The number of hydrogen-bond acceptors (Lipinski definition) is 2. The molecule has 3 nitrogen and oxygen atoms in total. The van der Waals surface area contributed by atoms with Crippen LogP contribution in [0.2, 0.25) is 5.02 Å². The third kappa shape index (κ3) is 2.17. The zero-order valence-corrected chi connectivity index (χ0v) is 11.4. The first-order chi connectivity index (χ1) is 9.15. The monoisotopic (exact) mass is 271 g/mol. The lowest BCUT2D eigenvalue weighted by Gasteiger charge is -2.10. The highest BCUT2D eigenvalue weighted by molar-refractivity contribution is 6.30. The van der Waals surface area contributed by atoms with E-state index >= 15 is 0 Å². The molecule has 0 aliphatic rings. The Labute approximate surface area is 116 Å². The van der Waals surface area contributed by atoms with Gasteiger partial charge in [-0.1, -0.05) is 29.8 Å². The molecule has 0 saturated carbocycles. The van der Waals surface area contributed by atoms with E-state index in [1.165, 1.54) is 0 Å². The summed E-state index contributed by atoms with van der Waals surface area (Å²) in [5.41, 5.74) is 9.90. The summed E-state index contributed by atoms with van der Waals surface area (Å²) in [5.74, 6) is 0.982. The Morgan fingerprint density at radius 1 is 1.21 bits per heavy atom. The highest BCUT2D eigenvalue weighted by Crippen LogP contribution is 2.22. The molecule has 2 aromatic carbocycles. The van der Waals surface area contributed by atoms with Gasteiger partial charge in [-0.15, -0.1) is 0 Å². The molecule has 4 heteroatoms. The van der Waals surface area contributed by atoms with Crippen LogP contribution in [0.15, 0.2) is 42.5 Å². The van der Waals surface area contributed by atoms with Crippen molar-refractivity contribution in [1.82, 2.24) is 9.55 Å². The van der Waals surface area contributed by atoms with Crippen LogP contribution in [-0.4, -0.2) is 9.55 Å². The summed E-state index contributed by atoms with van der Waals surface area (Å²) in [6.07, 6.45) is 0. The third-order valence-corrected chi connectivity index (χ3v) is 3.52. The summed E-state index contributed by atoms with van der Waals surface area (Å²) >= 11 is 5.93. The van der Waals surface area contributed by atoms with Crippen LogP contribution in [0.1, 0.15) is 11.4 Å². The average Bonchev–Trinajstić information content (AvgIpc) is 2.69. The topological polar surface area (TPSA) is 43.8 Å². The van der Waals surface area contributed by atoms with Gasteiger partial charge in [0.2, 0.25) is 0 Å². The largest absolute Gasteiger partial charge is 0.398 e. The minimum atomic E-state index is 0.661. The molecule has 0 radical (unpaired) electrons. The van der Waals surface area contributed by atoms with Gasteiger partial charge < -0.3 is 10.3 Å². The van der Waals surface area contributed by atoms with Crippen molar-refractivity contribution in [3.63, 3.8) is 0 Å². The van der Waals surface area contributed by atoms with Crippen molar-refractivity contribution in [2.45, 2.75) is 13.5 Å². The Kier molecular flexibility index (Phi) is 2.91. The molecule has 1 aromatic heterocycles. The van der Waals surface area contributed by atoms with E-state index in [4.69, 9.17) is 17.3 Å². The molecule has 2 N–H and O–H groups in total. The number of nitrogen functional groups attached to an aromatic ring is 1. The van der Waals surface area contributed by atoms with E-state index in [9.17, 15) is 0 Å². The van der Waals surface area contributed by atoms with E-state index in [2.05, 4.69) is 15.6 Å². The van der Waals surface area contributed by atoms with Crippen molar-refractivity contribution in [3.8, 4) is 0 Å². The summed E-state index contributed by atoms with van der Waals surface area (Å²) in [6.45, 7) is 2.71. The van der Waals surface area contributed by atoms with Crippen molar-refractivity contribution in [2.75, 3.05) is 5.73 Å². The van der Waals surface area contributed by atoms with Crippen molar-refractivity contribution in [1.29, 1.82) is 0 Å². The highest BCUT2D eigenvalue weighted by Gasteiger charge is 2.08. The summed E-state index contributed by atoms with van der Waals surface area (Å²) < 4.78 is 2.16. The molecule has 1 heterocycles. The minimum Gasteiger partial charge on any atom is -0.398 e. The van der Waals surface area contributed by atoms with Crippen LogP contribution in [0.5, 0.6) is 0 Å². The second kappa shape index (κ2) is 4.59. The van der Waals surface area contributed by atoms with E-state index in [1.807, 2.05) is 37.3 Å². The molecule has 0 spiro atoms. The zero-order valence-electron chi connectivity index (χ0n) is 10.6. The normalized spacial score (nSPS) is 11.1. The second-order valence-electron chi connectivity index (χ2n) is 4.58. The van der Waals surface area contributed by atoms with Crippen LogP contribution in [0.3, 0.4) is 0 Å². The standard InChI is InChI=1S/C15H14ClN3/c1-10-18-14-4-2-3-5-15(14)19(10)9-11-6-7-12(16)8-13(11)17/h2-8H,9,17H2,1H3. The molecule has 3 rings (SSSR count). The smallest absolute Gasteiger partial charge is 0.107 e. The van der Waals surface area contributed by atoms with E-state index < -0.39 is 0 Å². The molecular weight excluding hydrogens is 258 g/mol.